The van der Waals surface area contributed by atoms with Gasteiger partial charge in [0.15, 0.2) is 11.7 Å². The Morgan fingerprint density at radius 2 is 2.05 bits per heavy atom. The van der Waals surface area contributed by atoms with Gasteiger partial charge in [-0.1, -0.05) is 12.1 Å². The maximum absolute atomic E-state index is 11.8. The summed E-state index contributed by atoms with van der Waals surface area (Å²) in [5, 5.41) is 3.33. The van der Waals surface area contributed by atoms with Crippen molar-refractivity contribution in [3.8, 4) is 5.75 Å². The van der Waals surface area contributed by atoms with Crippen molar-refractivity contribution in [3.63, 3.8) is 0 Å². The number of nitrogens with zero attached hydrogens (tertiary/aromatic N) is 1. The molecule has 1 aliphatic heterocycles. The molecule has 1 fully saturated rings. The average molecular weight is 353 g/mol. The largest absolute Gasteiger partial charge is 0.484 e. The van der Waals surface area contributed by atoms with Gasteiger partial charge in [0, 0.05) is 22.6 Å². The summed E-state index contributed by atoms with van der Waals surface area (Å²) in [6, 6.07) is 8.01. The molecule has 0 spiro atoms. The summed E-state index contributed by atoms with van der Waals surface area (Å²) in [6.45, 7) is 1.94. The van der Waals surface area contributed by atoms with Crippen molar-refractivity contribution in [1.29, 1.82) is 0 Å². The molecule has 22 heavy (non-hydrogen) atoms. The van der Waals surface area contributed by atoms with Crippen LogP contribution in [0.3, 0.4) is 0 Å². The van der Waals surface area contributed by atoms with Crippen LogP contribution in [0, 0.1) is 6.92 Å². The fourth-order valence-electron chi connectivity index (χ4n) is 1.99. The van der Waals surface area contributed by atoms with Crippen LogP contribution in [0.5, 0.6) is 5.75 Å². The first-order valence-electron chi connectivity index (χ1n) is 6.89. The first-order valence-corrected chi connectivity index (χ1v) is 9.80. The van der Waals surface area contributed by atoms with E-state index in [0.29, 0.717) is 15.5 Å². The fraction of sp³-hybridized carbons (Fsp3) is 0.333. The number of hydrogen-bond acceptors (Lipinski definition) is 6. The van der Waals surface area contributed by atoms with Crippen LogP contribution in [0.4, 0.5) is 5.13 Å². The lowest BCUT2D eigenvalue weighted by Gasteiger charge is -2.10. The molecule has 1 aromatic heterocycles. The minimum Gasteiger partial charge on any atom is -0.484 e. The Morgan fingerprint density at radius 3 is 2.68 bits per heavy atom. The van der Waals surface area contributed by atoms with Gasteiger partial charge < -0.3 is 4.74 Å². The van der Waals surface area contributed by atoms with Gasteiger partial charge in [-0.05, 0) is 24.6 Å². The summed E-state index contributed by atoms with van der Waals surface area (Å²) in [5.74, 6) is 2.94. The number of aryl methyl sites for hydroxylation is 1. The standard InChI is InChI=1S/C15H16N2O2S3/c1-10-8-16-15(22-10)17-13(18)9-19-12-4-2-11(3-5-12)14-20-6-7-21-14/h2-5,8,14H,6-7,9H2,1H3,(H,16,17,18). The number of carbonyl (C=O) groups excluding carboxylic acids is 1. The molecule has 0 unspecified atom stereocenters. The van der Waals surface area contributed by atoms with Gasteiger partial charge >= 0.3 is 0 Å². The van der Waals surface area contributed by atoms with Gasteiger partial charge in [0.1, 0.15) is 5.75 Å². The minimum absolute atomic E-state index is 0.00902. The number of nitrogens with one attached hydrogen (secondary N) is 1. The molecule has 1 aliphatic rings. The summed E-state index contributed by atoms with van der Waals surface area (Å²) in [6.07, 6.45) is 1.74. The number of thioether (sulfide) groups is 2. The number of aromatic nitrogens is 1. The van der Waals surface area contributed by atoms with Crippen LogP contribution in [0.2, 0.25) is 0 Å². The maximum atomic E-state index is 11.8. The summed E-state index contributed by atoms with van der Waals surface area (Å²) < 4.78 is 6.05. The Bertz CT molecular complexity index is 636. The lowest BCUT2D eigenvalue weighted by atomic mass is 10.2. The monoisotopic (exact) mass is 352 g/mol. The molecule has 0 saturated carbocycles. The second kappa shape index (κ2) is 7.39. The number of rotatable bonds is 5. The molecule has 3 rings (SSSR count). The number of ether oxygens (including phenoxy) is 1. The van der Waals surface area contributed by atoms with Crippen molar-refractivity contribution in [1.82, 2.24) is 4.98 Å². The third-order valence-electron chi connectivity index (χ3n) is 3.01. The SMILES string of the molecule is Cc1cnc(NC(=O)COc2ccc(C3SCCS3)cc2)s1. The fourth-order valence-corrected chi connectivity index (χ4v) is 5.53. The van der Waals surface area contributed by atoms with Crippen molar-refractivity contribution in [3.05, 3.63) is 40.9 Å². The second-order valence-corrected chi connectivity index (χ2v) is 8.71. The third-order valence-corrected chi connectivity index (χ3v) is 6.94. The average Bonchev–Trinajstić information content (AvgIpc) is 3.18. The van der Waals surface area contributed by atoms with Gasteiger partial charge in [-0.15, -0.1) is 34.9 Å². The van der Waals surface area contributed by atoms with Crippen molar-refractivity contribution >= 4 is 45.9 Å². The first-order chi connectivity index (χ1) is 10.7. The summed E-state index contributed by atoms with van der Waals surface area (Å²) in [4.78, 5) is 17.0. The van der Waals surface area contributed by atoms with Crippen molar-refractivity contribution in [2.45, 2.75) is 11.5 Å². The van der Waals surface area contributed by atoms with Crippen LogP contribution in [-0.4, -0.2) is 29.0 Å². The van der Waals surface area contributed by atoms with Crippen LogP contribution in [0.25, 0.3) is 0 Å². The number of hydrogen-bond donors (Lipinski definition) is 1. The van der Waals surface area contributed by atoms with E-state index in [1.807, 2.05) is 42.6 Å². The highest BCUT2D eigenvalue weighted by atomic mass is 32.2. The van der Waals surface area contributed by atoms with E-state index in [-0.39, 0.29) is 12.5 Å². The number of amides is 1. The molecule has 1 N–H and O–H groups in total. The summed E-state index contributed by atoms with van der Waals surface area (Å²) in [7, 11) is 0. The highest BCUT2D eigenvalue weighted by molar-refractivity contribution is 8.19. The van der Waals surface area contributed by atoms with Crippen LogP contribution in [0.1, 0.15) is 15.0 Å². The molecule has 116 valence electrons. The topological polar surface area (TPSA) is 51.2 Å². The minimum atomic E-state index is -0.194. The van der Waals surface area contributed by atoms with Gasteiger partial charge in [-0.3, -0.25) is 10.1 Å². The highest BCUT2D eigenvalue weighted by Gasteiger charge is 2.18. The molecule has 4 nitrogen and oxygen atoms in total. The van der Waals surface area contributed by atoms with E-state index < -0.39 is 0 Å². The predicted molar refractivity (Wildman–Crippen MR) is 95.1 cm³/mol. The Morgan fingerprint density at radius 1 is 1.32 bits per heavy atom. The van der Waals surface area contributed by atoms with Crippen LogP contribution in [-0.2, 0) is 4.79 Å². The molecular weight excluding hydrogens is 336 g/mol. The van der Waals surface area contributed by atoms with E-state index in [0.717, 1.165) is 4.88 Å². The molecular formula is C15H16N2O2S3. The third kappa shape index (κ3) is 4.18. The highest BCUT2D eigenvalue weighted by Crippen LogP contribution is 2.45. The summed E-state index contributed by atoms with van der Waals surface area (Å²) >= 11 is 5.40. The molecule has 1 saturated heterocycles. The molecule has 7 heteroatoms. The molecule has 2 aromatic rings. The van der Waals surface area contributed by atoms with Gasteiger partial charge in [0.2, 0.25) is 0 Å². The van der Waals surface area contributed by atoms with Gasteiger partial charge in [0.25, 0.3) is 5.91 Å². The molecule has 2 heterocycles. The van der Waals surface area contributed by atoms with E-state index in [9.17, 15) is 4.79 Å². The van der Waals surface area contributed by atoms with Crippen molar-refractivity contribution in [2.75, 3.05) is 23.4 Å². The molecule has 0 aliphatic carbocycles. The Hall–Kier alpha value is -1.18. The van der Waals surface area contributed by atoms with E-state index >= 15 is 0 Å². The molecule has 0 atom stereocenters. The second-order valence-electron chi connectivity index (χ2n) is 4.76. The molecule has 0 radical (unpaired) electrons. The Labute approximate surface area is 142 Å². The lowest BCUT2D eigenvalue weighted by molar-refractivity contribution is -0.118. The molecule has 1 aromatic carbocycles. The number of benzene rings is 1. The van der Waals surface area contributed by atoms with E-state index in [1.54, 1.807) is 6.20 Å². The van der Waals surface area contributed by atoms with Gasteiger partial charge in [-0.25, -0.2) is 4.98 Å². The Kier molecular flexibility index (Phi) is 5.28. The normalized spacial score (nSPS) is 15.0. The smallest absolute Gasteiger partial charge is 0.264 e. The first kappa shape index (κ1) is 15.7. The zero-order valence-corrected chi connectivity index (χ0v) is 14.5. The Balaban J connectivity index is 1.49. The quantitative estimate of drug-likeness (QED) is 0.883. The number of anilines is 1. The zero-order chi connectivity index (χ0) is 15.4. The van der Waals surface area contributed by atoms with Crippen molar-refractivity contribution < 1.29 is 9.53 Å². The van der Waals surface area contributed by atoms with E-state index in [4.69, 9.17) is 4.74 Å². The van der Waals surface area contributed by atoms with Gasteiger partial charge in [0.05, 0.1) is 4.58 Å². The molecule has 0 bridgehead atoms. The number of carbonyl (C=O) groups is 1. The maximum Gasteiger partial charge on any atom is 0.264 e. The van der Waals surface area contributed by atoms with Crippen LogP contribution in [0.15, 0.2) is 30.5 Å². The summed E-state index contributed by atoms with van der Waals surface area (Å²) in [5.41, 5.74) is 1.31. The lowest BCUT2D eigenvalue weighted by Crippen LogP contribution is -2.19. The van der Waals surface area contributed by atoms with E-state index in [1.165, 1.54) is 28.4 Å². The van der Waals surface area contributed by atoms with Gasteiger partial charge in [-0.2, -0.15) is 0 Å². The predicted octanol–water partition coefficient (Wildman–Crippen LogP) is 3.95. The number of thiazole rings is 1. The molecule has 1 amide bonds. The van der Waals surface area contributed by atoms with Crippen molar-refractivity contribution in [2.24, 2.45) is 0 Å². The van der Waals surface area contributed by atoms with Crippen LogP contribution >= 0.6 is 34.9 Å². The zero-order valence-electron chi connectivity index (χ0n) is 12.1. The van der Waals surface area contributed by atoms with Crippen LogP contribution < -0.4 is 10.1 Å². The van der Waals surface area contributed by atoms with E-state index in [2.05, 4.69) is 22.4 Å².